The minimum Gasteiger partial charge on any atom is -0.350 e. The average molecular weight is 409 g/mol. The minimum absolute atomic E-state index is 0. The van der Waals surface area contributed by atoms with Gasteiger partial charge < -0.3 is 11.1 Å². The molecule has 0 bridgehead atoms. The van der Waals surface area contributed by atoms with E-state index in [2.05, 4.69) is 10.3 Å². The van der Waals surface area contributed by atoms with E-state index < -0.39 is 12.7 Å². The lowest BCUT2D eigenvalue weighted by Crippen LogP contribution is -2.34. The third-order valence-corrected chi connectivity index (χ3v) is 4.38. The Morgan fingerprint density at radius 1 is 1.46 bits per heavy atom. The molecule has 1 saturated heterocycles. The molecule has 0 aliphatic carbocycles. The predicted molar refractivity (Wildman–Crippen MR) is 92.3 cm³/mol. The summed E-state index contributed by atoms with van der Waals surface area (Å²) in [4.78, 5) is 17.5. The summed E-state index contributed by atoms with van der Waals surface area (Å²) < 4.78 is 36.9. The van der Waals surface area contributed by atoms with Gasteiger partial charge in [-0.05, 0) is 25.4 Å². The topological polar surface area (TPSA) is 71.2 Å². The second-order valence-corrected chi connectivity index (χ2v) is 6.32. The molecule has 11 heteroatoms. The van der Waals surface area contributed by atoms with E-state index in [4.69, 9.17) is 5.73 Å². The Morgan fingerprint density at radius 2 is 2.17 bits per heavy atom. The monoisotopic (exact) mass is 408 g/mol. The van der Waals surface area contributed by atoms with Crippen LogP contribution in [0.2, 0.25) is 0 Å². The van der Waals surface area contributed by atoms with Crippen molar-refractivity contribution in [1.82, 2.24) is 15.2 Å². The van der Waals surface area contributed by atoms with E-state index in [9.17, 15) is 18.0 Å². The molecule has 1 unspecified atom stereocenters. The Labute approximate surface area is 155 Å². The molecule has 0 aromatic carbocycles. The van der Waals surface area contributed by atoms with Crippen molar-refractivity contribution >= 4 is 42.1 Å². The van der Waals surface area contributed by atoms with E-state index in [0.29, 0.717) is 44.7 Å². The van der Waals surface area contributed by atoms with Crippen molar-refractivity contribution < 1.29 is 18.0 Å². The molecule has 1 aromatic heterocycles. The van der Waals surface area contributed by atoms with Crippen molar-refractivity contribution in [3.05, 3.63) is 16.1 Å². The number of nitrogens with two attached hydrogens (primary N) is 1. The number of likely N-dealkylation sites (tertiary alicyclic amines) is 1. The van der Waals surface area contributed by atoms with E-state index in [0.717, 1.165) is 5.01 Å². The number of amides is 1. The zero-order valence-electron chi connectivity index (χ0n) is 12.8. The van der Waals surface area contributed by atoms with Gasteiger partial charge in [0.05, 0.1) is 11.6 Å². The maximum Gasteiger partial charge on any atom is 0.401 e. The number of carbonyl (C=O) groups is 1. The van der Waals surface area contributed by atoms with Crippen LogP contribution in [-0.4, -0.2) is 54.7 Å². The van der Waals surface area contributed by atoms with Crippen LogP contribution in [0.3, 0.4) is 0 Å². The maximum absolute atomic E-state index is 12.3. The van der Waals surface area contributed by atoms with Gasteiger partial charge in [-0.25, -0.2) is 4.98 Å². The summed E-state index contributed by atoms with van der Waals surface area (Å²) in [5.74, 6) is -0.234. The summed E-state index contributed by atoms with van der Waals surface area (Å²) in [6, 6.07) is 0. The normalized spacial score (nSPS) is 17.9. The van der Waals surface area contributed by atoms with Crippen molar-refractivity contribution in [3.8, 4) is 0 Å². The highest BCUT2D eigenvalue weighted by Gasteiger charge is 2.34. The van der Waals surface area contributed by atoms with Gasteiger partial charge >= 0.3 is 6.18 Å². The van der Waals surface area contributed by atoms with Crippen LogP contribution in [0.4, 0.5) is 13.2 Å². The number of nitrogens with zero attached hydrogens (tertiary/aromatic N) is 2. The fourth-order valence-corrected chi connectivity index (χ4v) is 3.25. The van der Waals surface area contributed by atoms with Crippen molar-refractivity contribution in [2.45, 2.75) is 19.0 Å². The molecule has 2 rings (SSSR count). The van der Waals surface area contributed by atoms with Gasteiger partial charge in [0.15, 0.2) is 0 Å². The van der Waals surface area contributed by atoms with Crippen LogP contribution < -0.4 is 11.1 Å². The molecule has 24 heavy (non-hydrogen) atoms. The van der Waals surface area contributed by atoms with E-state index in [-0.39, 0.29) is 36.6 Å². The molecule has 0 radical (unpaired) electrons. The fourth-order valence-electron chi connectivity index (χ4n) is 2.46. The van der Waals surface area contributed by atoms with E-state index in [1.807, 2.05) is 0 Å². The lowest BCUT2D eigenvalue weighted by atomic mass is 10.1. The van der Waals surface area contributed by atoms with Crippen molar-refractivity contribution in [1.29, 1.82) is 0 Å². The van der Waals surface area contributed by atoms with Crippen LogP contribution >= 0.6 is 36.2 Å². The number of hydrogen-bond donors (Lipinski definition) is 2. The third kappa shape index (κ3) is 7.52. The molecule has 1 atom stereocenters. The van der Waals surface area contributed by atoms with Gasteiger partial charge in [0.2, 0.25) is 0 Å². The standard InChI is InChI=1S/C13H19F3N4OS.2ClH/c14-13(15,16)8-20-4-2-9(6-20)5-18-12(21)10-7-22-11(19-10)1-3-17;;/h7,9H,1-6,8,17H2,(H,18,21);2*1H. The quantitative estimate of drug-likeness (QED) is 0.755. The Hall–Kier alpha value is -0.610. The van der Waals surface area contributed by atoms with E-state index in [1.54, 1.807) is 5.38 Å². The Balaban J connectivity index is 0.00000264. The summed E-state index contributed by atoms with van der Waals surface area (Å²) in [5, 5.41) is 5.23. The second-order valence-electron chi connectivity index (χ2n) is 5.38. The first-order chi connectivity index (χ1) is 10.4. The Kier molecular flexibility index (Phi) is 10.1. The summed E-state index contributed by atoms with van der Waals surface area (Å²) in [6.07, 6.45) is -2.88. The van der Waals surface area contributed by atoms with Crippen LogP contribution in [0.1, 0.15) is 21.9 Å². The molecular weight excluding hydrogens is 388 g/mol. The average Bonchev–Trinajstić information content (AvgIpc) is 3.04. The number of thiazole rings is 1. The van der Waals surface area contributed by atoms with Crippen molar-refractivity contribution in [2.75, 3.05) is 32.7 Å². The predicted octanol–water partition coefficient (Wildman–Crippen LogP) is 2.10. The molecule has 0 saturated carbocycles. The number of aromatic nitrogens is 1. The summed E-state index contributed by atoms with van der Waals surface area (Å²) in [5.41, 5.74) is 5.77. The van der Waals surface area contributed by atoms with Crippen molar-refractivity contribution in [2.24, 2.45) is 11.7 Å². The summed E-state index contributed by atoms with van der Waals surface area (Å²) in [7, 11) is 0. The van der Waals surface area contributed by atoms with E-state index in [1.165, 1.54) is 16.2 Å². The van der Waals surface area contributed by atoms with Crippen LogP contribution in [-0.2, 0) is 6.42 Å². The third-order valence-electron chi connectivity index (χ3n) is 3.47. The van der Waals surface area contributed by atoms with Gasteiger partial charge in [-0.2, -0.15) is 13.2 Å². The van der Waals surface area contributed by atoms with Gasteiger partial charge in [-0.1, -0.05) is 0 Å². The second kappa shape index (κ2) is 10.4. The van der Waals surface area contributed by atoms with Crippen LogP contribution in [0.15, 0.2) is 5.38 Å². The van der Waals surface area contributed by atoms with Crippen LogP contribution in [0.25, 0.3) is 0 Å². The number of halogens is 5. The first-order valence-electron chi connectivity index (χ1n) is 7.09. The van der Waals surface area contributed by atoms with Crippen LogP contribution in [0, 0.1) is 5.92 Å². The number of carbonyl (C=O) groups excluding carboxylic acids is 1. The van der Waals surface area contributed by atoms with Gasteiger partial charge in [-0.3, -0.25) is 9.69 Å². The number of rotatable bonds is 6. The van der Waals surface area contributed by atoms with Gasteiger partial charge in [0.1, 0.15) is 5.69 Å². The molecule has 1 aliphatic rings. The van der Waals surface area contributed by atoms with Gasteiger partial charge in [-0.15, -0.1) is 36.2 Å². The van der Waals surface area contributed by atoms with Crippen LogP contribution in [0.5, 0.6) is 0 Å². The first-order valence-corrected chi connectivity index (χ1v) is 7.97. The Morgan fingerprint density at radius 3 is 2.79 bits per heavy atom. The molecule has 0 spiro atoms. The minimum atomic E-state index is -4.17. The zero-order valence-corrected chi connectivity index (χ0v) is 15.3. The molecule has 1 aromatic rings. The number of alkyl halides is 3. The molecule has 2 heterocycles. The molecular formula is C13H21Cl2F3N4OS. The Bertz CT molecular complexity index is 516. The number of hydrogen-bond acceptors (Lipinski definition) is 5. The molecule has 1 amide bonds. The molecule has 1 aliphatic heterocycles. The SMILES string of the molecule is Cl.Cl.NCCc1nc(C(=O)NCC2CCN(CC(F)(F)F)C2)cs1. The smallest absolute Gasteiger partial charge is 0.350 e. The fraction of sp³-hybridized carbons (Fsp3) is 0.692. The molecule has 3 N–H and O–H groups in total. The number of nitrogens with one attached hydrogen (secondary N) is 1. The zero-order chi connectivity index (χ0) is 16.2. The highest BCUT2D eigenvalue weighted by atomic mass is 35.5. The highest BCUT2D eigenvalue weighted by molar-refractivity contribution is 7.09. The molecule has 5 nitrogen and oxygen atoms in total. The summed E-state index contributed by atoms with van der Waals surface area (Å²) >= 11 is 1.38. The summed E-state index contributed by atoms with van der Waals surface area (Å²) in [6.45, 7) is 0.737. The lowest BCUT2D eigenvalue weighted by Gasteiger charge is -2.17. The van der Waals surface area contributed by atoms with Gasteiger partial charge in [0.25, 0.3) is 5.91 Å². The highest BCUT2D eigenvalue weighted by Crippen LogP contribution is 2.22. The van der Waals surface area contributed by atoms with E-state index >= 15 is 0 Å². The maximum atomic E-state index is 12.3. The van der Waals surface area contributed by atoms with Gasteiger partial charge in [0, 0.05) is 24.9 Å². The largest absolute Gasteiger partial charge is 0.401 e. The van der Waals surface area contributed by atoms with Crippen molar-refractivity contribution in [3.63, 3.8) is 0 Å². The molecule has 140 valence electrons. The molecule has 1 fully saturated rings. The first kappa shape index (κ1) is 23.4. The lowest BCUT2D eigenvalue weighted by molar-refractivity contribution is -0.143.